The van der Waals surface area contributed by atoms with Crippen molar-refractivity contribution in [3.63, 3.8) is 0 Å². The van der Waals surface area contributed by atoms with E-state index in [-0.39, 0.29) is 29.7 Å². The molecule has 1 unspecified atom stereocenters. The maximum atomic E-state index is 12.0. The number of nitrogens with zero attached hydrogens (tertiary/aromatic N) is 3. The van der Waals surface area contributed by atoms with E-state index in [1.807, 2.05) is 0 Å². The average molecular weight is 339 g/mol. The number of imidazole rings is 1. The van der Waals surface area contributed by atoms with Gasteiger partial charge in [-0.3, -0.25) is 9.78 Å². The van der Waals surface area contributed by atoms with Crippen LogP contribution < -0.4 is 16.0 Å². The van der Waals surface area contributed by atoms with Crippen LogP contribution in [0.5, 0.6) is 6.01 Å². The second-order valence-electron chi connectivity index (χ2n) is 5.22. The Bertz CT molecular complexity index is 817. The minimum Gasteiger partial charge on any atom is -0.460 e. The summed E-state index contributed by atoms with van der Waals surface area (Å²) in [5, 5.41) is 29.4. The van der Waals surface area contributed by atoms with Crippen LogP contribution in [-0.4, -0.2) is 66.4 Å². The van der Waals surface area contributed by atoms with E-state index in [1.165, 1.54) is 10.6 Å². The molecule has 0 amide bonds. The van der Waals surface area contributed by atoms with Gasteiger partial charge in [0.05, 0.1) is 6.61 Å². The quantitative estimate of drug-likeness (QED) is 0.382. The van der Waals surface area contributed by atoms with Gasteiger partial charge in [0.15, 0.2) is 17.4 Å². The van der Waals surface area contributed by atoms with Gasteiger partial charge in [0, 0.05) is 0 Å². The number of hydrogen-bond acceptors (Lipinski definition) is 9. The van der Waals surface area contributed by atoms with Crippen molar-refractivity contribution in [1.82, 2.24) is 19.5 Å². The van der Waals surface area contributed by atoms with E-state index in [2.05, 4.69) is 21.5 Å². The lowest BCUT2D eigenvalue weighted by Crippen LogP contribution is -2.33. The van der Waals surface area contributed by atoms with Crippen LogP contribution in [-0.2, 0) is 4.74 Å². The fraction of sp³-hybridized carbons (Fsp3) is 0.462. The third-order valence-electron chi connectivity index (χ3n) is 3.64. The number of fused-ring (bicyclic) bond motifs is 1. The molecule has 24 heavy (non-hydrogen) atoms. The van der Waals surface area contributed by atoms with Gasteiger partial charge in [0.25, 0.3) is 5.56 Å². The molecular weight excluding hydrogens is 322 g/mol. The Balaban J connectivity index is 2.17. The highest BCUT2D eigenvalue weighted by Crippen LogP contribution is 2.34. The fourth-order valence-electron chi connectivity index (χ4n) is 2.54. The van der Waals surface area contributed by atoms with E-state index in [0.717, 1.165) is 0 Å². The molecule has 3 rings (SSSR count). The topological polar surface area (TPSA) is 169 Å². The second kappa shape index (κ2) is 6.20. The first kappa shape index (κ1) is 16.4. The van der Waals surface area contributed by atoms with Crippen molar-refractivity contribution in [1.29, 1.82) is 0 Å². The van der Waals surface area contributed by atoms with Crippen LogP contribution in [0.3, 0.4) is 0 Å². The largest absolute Gasteiger partial charge is 0.460 e. The van der Waals surface area contributed by atoms with E-state index in [0.29, 0.717) is 0 Å². The highest BCUT2D eigenvalue weighted by Gasteiger charge is 2.45. The normalized spacial score (nSPS) is 26.8. The first-order valence-electron chi connectivity index (χ1n) is 7.11. The van der Waals surface area contributed by atoms with Gasteiger partial charge in [-0.05, 0) is 0 Å². The third kappa shape index (κ3) is 2.53. The highest BCUT2D eigenvalue weighted by molar-refractivity contribution is 5.72. The van der Waals surface area contributed by atoms with Crippen molar-refractivity contribution in [2.75, 3.05) is 18.9 Å². The Morgan fingerprint density at radius 1 is 1.42 bits per heavy atom. The smallest absolute Gasteiger partial charge is 0.301 e. The molecule has 1 aliphatic rings. The summed E-state index contributed by atoms with van der Waals surface area (Å²) in [7, 11) is 0. The number of aromatic amines is 1. The molecule has 2 aromatic heterocycles. The SMILES string of the molecule is C=CCOc1nc2c(=O)[nH]c(N)nc2n1C1O[C@H](CO)[C@@H](O)[C@H]1O. The van der Waals surface area contributed by atoms with Crippen LogP contribution in [0.4, 0.5) is 5.95 Å². The Morgan fingerprint density at radius 3 is 2.79 bits per heavy atom. The number of rotatable bonds is 5. The van der Waals surface area contributed by atoms with Crippen molar-refractivity contribution in [3.05, 3.63) is 23.0 Å². The zero-order valence-electron chi connectivity index (χ0n) is 12.5. The summed E-state index contributed by atoms with van der Waals surface area (Å²) in [4.78, 5) is 22.4. The number of aromatic nitrogens is 4. The Kier molecular flexibility index (Phi) is 4.24. The number of ether oxygens (including phenoxy) is 2. The van der Waals surface area contributed by atoms with Crippen LogP contribution in [0.15, 0.2) is 17.4 Å². The minimum atomic E-state index is -1.40. The Labute approximate surface area is 135 Å². The number of hydrogen-bond donors (Lipinski definition) is 5. The molecule has 0 spiro atoms. The van der Waals surface area contributed by atoms with E-state index in [4.69, 9.17) is 15.2 Å². The van der Waals surface area contributed by atoms with Gasteiger partial charge in [-0.25, -0.2) is 4.57 Å². The van der Waals surface area contributed by atoms with Crippen molar-refractivity contribution in [3.8, 4) is 6.01 Å². The number of aliphatic hydroxyl groups is 3. The molecule has 6 N–H and O–H groups in total. The molecule has 11 nitrogen and oxygen atoms in total. The fourth-order valence-corrected chi connectivity index (χ4v) is 2.54. The summed E-state index contributed by atoms with van der Waals surface area (Å²) < 4.78 is 12.1. The molecule has 11 heteroatoms. The number of nitrogens with one attached hydrogen (secondary N) is 1. The minimum absolute atomic E-state index is 0.0187. The predicted octanol–water partition coefficient (Wildman–Crippen LogP) is -2.12. The van der Waals surface area contributed by atoms with Crippen LogP contribution in [0.25, 0.3) is 11.2 Å². The van der Waals surface area contributed by atoms with Gasteiger partial charge in [0.1, 0.15) is 24.9 Å². The van der Waals surface area contributed by atoms with Crippen LogP contribution in [0, 0.1) is 0 Å². The zero-order valence-corrected chi connectivity index (χ0v) is 12.5. The van der Waals surface area contributed by atoms with Gasteiger partial charge >= 0.3 is 6.01 Å². The summed E-state index contributed by atoms with van der Waals surface area (Å²) in [5.41, 5.74) is 4.92. The van der Waals surface area contributed by atoms with Crippen LogP contribution in [0.1, 0.15) is 6.23 Å². The van der Waals surface area contributed by atoms with Gasteiger partial charge in [-0.1, -0.05) is 12.7 Å². The molecule has 0 aromatic carbocycles. The van der Waals surface area contributed by atoms with Crippen molar-refractivity contribution >= 4 is 17.1 Å². The summed E-state index contributed by atoms with van der Waals surface area (Å²) in [6, 6.07) is -0.0664. The van der Waals surface area contributed by atoms with Crippen molar-refractivity contribution < 1.29 is 24.8 Å². The molecule has 1 aliphatic heterocycles. The maximum Gasteiger partial charge on any atom is 0.301 e. The lowest BCUT2D eigenvalue weighted by atomic mass is 10.1. The third-order valence-corrected chi connectivity index (χ3v) is 3.64. The molecule has 130 valence electrons. The van der Waals surface area contributed by atoms with E-state index in [9.17, 15) is 20.1 Å². The Hall–Kier alpha value is -2.47. The predicted molar refractivity (Wildman–Crippen MR) is 81.3 cm³/mol. The molecule has 4 atom stereocenters. The van der Waals surface area contributed by atoms with Crippen LogP contribution >= 0.6 is 0 Å². The average Bonchev–Trinajstić information content (AvgIpc) is 3.04. The molecule has 1 saturated heterocycles. The molecule has 1 fully saturated rings. The second-order valence-corrected chi connectivity index (χ2v) is 5.22. The molecular formula is C13H17N5O6. The van der Waals surface area contributed by atoms with E-state index < -0.39 is 36.7 Å². The molecule has 2 aromatic rings. The summed E-state index contributed by atoms with van der Waals surface area (Å²) >= 11 is 0. The van der Waals surface area contributed by atoms with Gasteiger partial charge < -0.3 is 30.5 Å². The highest BCUT2D eigenvalue weighted by atomic mass is 16.6. The first-order valence-corrected chi connectivity index (χ1v) is 7.11. The molecule has 0 bridgehead atoms. The summed E-state index contributed by atoms with van der Waals surface area (Å²) in [5.74, 6) is -0.157. The van der Waals surface area contributed by atoms with Crippen molar-refractivity contribution in [2.45, 2.75) is 24.5 Å². The number of nitrogen functional groups attached to an aromatic ring is 1. The zero-order chi connectivity index (χ0) is 17.4. The number of anilines is 1. The number of H-pyrrole nitrogens is 1. The summed E-state index contributed by atoms with van der Waals surface area (Å²) in [6.45, 7) is 3.10. The van der Waals surface area contributed by atoms with Crippen LogP contribution in [0.2, 0.25) is 0 Å². The van der Waals surface area contributed by atoms with Gasteiger partial charge in [-0.2, -0.15) is 9.97 Å². The molecule has 0 aliphatic carbocycles. The lowest BCUT2D eigenvalue weighted by Gasteiger charge is -2.18. The number of nitrogens with two attached hydrogens (primary N) is 1. The molecule has 0 saturated carbocycles. The maximum absolute atomic E-state index is 12.0. The molecule has 3 heterocycles. The monoisotopic (exact) mass is 339 g/mol. The number of aliphatic hydroxyl groups excluding tert-OH is 3. The summed E-state index contributed by atoms with van der Waals surface area (Å²) in [6.07, 6.45) is -3.44. The standard InChI is InChI=1S/C13H17N5O6/c1-2-3-23-13-15-6-9(16-12(14)17-10(6)22)18(13)11-8(21)7(20)5(4-19)24-11/h2,5,7-8,11,19-21H,1,3-4H2,(H3,14,16,17,22)/t5-,7-,8-,11?/m1/s1. The first-order chi connectivity index (χ1) is 11.5. The Morgan fingerprint density at radius 2 is 2.17 bits per heavy atom. The van der Waals surface area contributed by atoms with Gasteiger partial charge in [0.2, 0.25) is 5.95 Å². The van der Waals surface area contributed by atoms with Crippen molar-refractivity contribution in [2.24, 2.45) is 0 Å². The molecule has 0 radical (unpaired) electrons. The van der Waals surface area contributed by atoms with E-state index >= 15 is 0 Å². The van der Waals surface area contributed by atoms with Gasteiger partial charge in [-0.15, -0.1) is 0 Å². The lowest BCUT2D eigenvalue weighted by molar-refractivity contribution is -0.0540. The van der Waals surface area contributed by atoms with E-state index in [1.54, 1.807) is 0 Å².